The summed E-state index contributed by atoms with van der Waals surface area (Å²) in [5, 5.41) is 5.38. The lowest BCUT2D eigenvalue weighted by Gasteiger charge is -2.13. The summed E-state index contributed by atoms with van der Waals surface area (Å²) in [4.78, 5) is 13.2. The summed E-state index contributed by atoms with van der Waals surface area (Å²) in [6, 6.07) is 9.18. The Hall–Kier alpha value is -0.840. The number of carbonyl (C=O) groups excluding carboxylic acids is 1. The number of rotatable bonds is 3. The Morgan fingerprint density at radius 1 is 1.44 bits per heavy atom. The van der Waals surface area contributed by atoms with Crippen molar-refractivity contribution in [1.29, 1.82) is 0 Å². The SMILES string of the molecule is C[C@@H](NC(=O)c1cc(Br)ccc1Cl)c1cccs1. The highest BCUT2D eigenvalue weighted by Gasteiger charge is 2.15. The zero-order valence-corrected chi connectivity index (χ0v) is 12.8. The number of nitrogens with one attached hydrogen (secondary N) is 1. The minimum atomic E-state index is -0.165. The van der Waals surface area contributed by atoms with Gasteiger partial charge in [-0.15, -0.1) is 11.3 Å². The molecule has 1 aromatic heterocycles. The van der Waals surface area contributed by atoms with Gasteiger partial charge in [0.25, 0.3) is 5.91 Å². The first-order valence-corrected chi connectivity index (χ1v) is 7.42. The molecule has 0 bridgehead atoms. The first-order chi connectivity index (χ1) is 8.58. The van der Waals surface area contributed by atoms with E-state index in [9.17, 15) is 4.79 Å². The fourth-order valence-electron chi connectivity index (χ4n) is 1.55. The lowest BCUT2D eigenvalue weighted by atomic mass is 10.2. The predicted molar refractivity (Wildman–Crippen MR) is 79.4 cm³/mol. The normalized spacial score (nSPS) is 12.2. The molecule has 0 saturated heterocycles. The number of benzene rings is 1. The van der Waals surface area contributed by atoms with Crippen molar-refractivity contribution in [3.05, 3.63) is 55.6 Å². The smallest absolute Gasteiger partial charge is 0.253 e. The second kappa shape index (κ2) is 5.87. The molecule has 1 heterocycles. The van der Waals surface area contributed by atoms with E-state index < -0.39 is 0 Å². The van der Waals surface area contributed by atoms with Crippen molar-refractivity contribution in [3.8, 4) is 0 Å². The molecular formula is C13H11BrClNOS. The van der Waals surface area contributed by atoms with Crippen LogP contribution in [0.3, 0.4) is 0 Å². The average molecular weight is 345 g/mol. The molecule has 0 fully saturated rings. The summed E-state index contributed by atoms with van der Waals surface area (Å²) >= 11 is 11.0. The van der Waals surface area contributed by atoms with Gasteiger partial charge in [-0.25, -0.2) is 0 Å². The van der Waals surface area contributed by atoms with Gasteiger partial charge in [-0.05, 0) is 36.6 Å². The largest absolute Gasteiger partial charge is 0.345 e. The van der Waals surface area contributed by atoms with E-state index in [-0.39, 0.29) is 11.9 Å². The van der Waals surface area contributed by atoms with Crippen LogP contribution in [0.1, 0.15) is 28.2 Å². The fourth-order valence-corrected chi connectivity index (χ4v) is 2.85. The third kappa shape index (κ3) is 3.13. The van der Waals surface area contributed by atoms with Crippen LogP contribution in [-0.2, 0) is 0 Å². The van der Waals surface area contributed by atoms with Gasteiger partial charge in [-0.1, -0.05) is 33.6 Å². The van der Waals surface area contributed by atoms with Crippen molar-refractivity contribution in [2.45, 2.75) is 13.0 Å². The van der Waals surface area contributed by atoms with Gasteiger partial charge in [0.15, 0.2) is 0 Å². The van der Waals surface area contributed by atoms with Crippen LogP contribution in [0.2, 0.25) is 5.02 Å². The van der Waals surface area contributed by atoms with E-state index in [0.29, 0.717) is 10.6 Å². The molecule has 1 atom stereocenters. The zero-order valence-electron chi connectivity index (χ0n) is 9.61. The maximum absolute atomic E-state index is 12.1. The van der Waals surface area contributed by atoms with Gasteiger partial charge in [0.2, 0.25) is 0 Å². The van der Waals surface area contributed by atoms with Crippen LogP contribution >= 0.6 is 38.9 Å². The van der Waals surface area contributed by atoms with Gasteiger partial charge < -0.3 is 5.32 Å². The lowest BCUT2D eigenvalue weighted by molar-refractivity contribution is 0.0940. The molecule has 1 amide bonds. The number of carbonyl (C=O) groups is 1. The third-order valence-electron chi connectivity index (χ3n) is 2.49. The summed E-state index contributed by atoms with van der Waals surface area (Å²) in [7, 11) is 0. The molecule has 2 aromatic rings. The second-order valence-electron chi connectivity index (χ2n) is 3.83. The second-order valence-corrected chi connectivity index (χ2v) is 6.14. The van der Waals surface area contributed by atoms with Crippen LogP contribution in [0.5, 0.6) is 0 Å². The molecule has 0 aliphatic rings. The molecule has 0 radical (unpaired) electrons. The monoisotopic (exact) mass is 343 g/mol. The maximum atomic E-state index is 12.1. The van der Waals surface area contributed by atoms with Crippen molar-refractivity contribution < 1.29 is 4.79 Å². The number of hydrogen-bond donors (Lipinski definition) is 1. The minimum absolute atomic E-state index is 0.0208. The topological polar surface area (TPSA) is 29.1 Å². The van der Waals surface area contributed by atoms with Crippen LogP contribution in [0.25, 0.3) is 0 Å². The first-order valence-electron chi connectivity index (χ1n) is 5.37. The van der Waals surface area contributed by atoms with Gasteiger partial charge in [0.05, 0.1) is 16.6 Å². The summed E-state index contributed by atoms with van der Waals surface area (Å²) in [5.74, 6) is -0.165. The minimum Gasteiger partial charge on any atom is -0.345 e. The number of hydrogen-bond acceptors (Lipinski definition) is 2. The molecule has 0 aliphatic carbocycles. The highest BCUT2D eigenvalue weighted by molar-refractivity contribution is 9.10. The number of halogens is 2. The van der Waals surface area contributed by atoms with Crippen LogP contribution < -0.4 is 5.32 Å². The van der Waals surface area contributed by atoms with Crippen LogP contribution in [0, 0.1) is 0 Å². The van der Waals surface area contributed by atoms with Gasteiger partial charge in [0.1, 0.15) is 0 Å². The molecule has 5 heteroatoms. The van der Waals surface area contributed by atoms with E-state index in [1.807, 2.05) is 30.5 Å². The van der Waals surface area contributed by atoms with Crippen LogP contribution in [0.4, 0.5) is 0 Å². The van der Waals surface area contributed by atoms with Crippen molar-refractivity contribution in [2.24, 2.45) is 0 Å². The zero-order chi connectivity index (χ0) is 13.1. The van der Waals surface area contributed by atoms with Gasteiger partial charge >= 0.3 is 0 Å². The van der Waals surface area contributed by atoms with Crippen LogP contribution in [0.15, 0.2) is 40.2 Å². The van der Waals surface area contributed by atoms with E-state index in [4.69, 9.17) is 11.6 Å². The number of amides is 1. The first kappa shape index (κ1) is 13.6. The van der Waals surface area contributed by atoms with Crippen LogP contribution in [-0.4, -0.2) is 5.91 Å². The van der Waals surface area contributed by atoms with E-state index in [2.05, 4.69) is 21.2 Å². The third-order valence-corrected chi connectivity index (χ3v) is 4.37. The molecule has 0 aliphatic heterocycles. The Bertz CT molecular complexity index is 556. The van der Waals surface area contributed by atoms with E-state index in [1.54, 1.807) is 23.5 Å². The summed E-state index contributed by atoms with van der Waals surface area (Å²) in [6.07, 6.45) is 0. The van der Waals surface area contributed by atoms with Crippen molar-refractivity contribution in [1.82, 2.24) is 5.32 Å². The predicted octanol–water partition coefficient (Wildman–Crippen LogP) is 4.66. The van der Waals surface area contributed by atoms with Crippen molar-refractivity contribution in [3.63, 3.8) is 0 Å². The molecule has 2 nitrogen and oxygen atoms in total. The van der Waals surface area contributed by atoms with Crippen molar-refractivity contribution in [2.75, 3.05) is 0 Å². The Morgan fingerprint density at radius 3 is 2.89 bits per heavy atom. The van der Waals surface area contributed by atoms with E-state index in [0.717, 1.165) is 9.35 Å². The lowest BCUT2D eigenvalue weighted by Crippen LogP contribution is -2.26. The molecule has 2 rings (SSSR count). The average Bonchev–Trinajstić information content (AvgIpc) is 2.85. The molecule has 94 valence electrons. The molecular weight excluding hydrogens is 334 g/mol. The van der Waals surface area contributed by atoms with Gasteiger partial charge in [-0.3, -0.25) is 4.79 Å². The molecule has 0 saturated carbocycles. The molecule has 0 unspecified atom stereocenters. The van der Waals surface area contributed by atoms with Crippen molar-refractivity contribution >= 4 is 44.8 Å². The summed E-state index contributed by atoms with van der Waals surface area (Å²) in [5.41, 5.74) is 0.481. The maximum Gasteiger partial charge on any atom is 0.253 e. The fraction of sp³-hybridized carbons (Fsp3) is 0.154. The highest BCUT2D eigenvalue weighted by Crippen LogP contribution is 2.23. The molecule has 1 N–H and O–H groups in total. The summed E-state index contributed by atoms with van der Waals surface area (Å²) < 4.78 is 0.834. The molecule has 1 aromatic carbocycles. The van der Waals surface area contributed by atoms with E-state index >= 15 is 0 Å². The standard InChI is InChI=1S/C13H11BrClNOS/c1-8(12-3-2-6-18-12)16-13(17)10-7-9(14)4-5-11(10)15/h2-8H,1H3,(H,16,17)/t8-/m1/s1. The Balaban J connectivity index is 2.15. The molecule has 18 heavy (non-hydrogen) atoms. The quantitative estimate of drug-likeness (QED) is 0.862. The van der Waals surface area contributed by atoms with Gasteiger partial charge in [0, 0.05) is 9.35 Å². The van der Waals surface area contributed by atoms with Gasteiger partial charge in [-0.2, -0.15) is 0 Å². The Morgan fingerprint density at radius 2 is 2.22 bits per heavy atom. The summed E-state index contributed by atoms with van der Waals surface area (Å²) in [6.45, 7) is 1.95. The Labute approximate surface area is 123 Å². The number of thiophene rings is 1. The van der Waals surface area contributed by atoms with E-state index in [1.165, 1.54) is 0 Å². The Kier molecular flexibility index (Phi) is 4.43. The highest BCUT2D eigenvalue weighted by atomic mass is 79.9. The molecule has 0 spiro atoms.